The van der Waals surface area contributed by atoms with Crippen molar-refractivity contribution in [1.29, 1.82) is 0 Å². The number of carboxylic acids is 1. The molecule has 1 aromatic rings. The molecule has 5 nitrogen and oxygen atoms in total. The van der Waals surface area contributed by atoms with E-state index in [-0.39, 0.29) is 29.2 Å². The number of nitrogens with two attached hydrogens (primary N) is 1. The molecule has 20 heavy (non-hydrogen) atoms. The Bertz CT molecular complexity index is 486. The average molecular weight is 309 g/mol. The summed E-state index contributed by atoms with van der Waals surface area (Å²) in [5.41, 5.74) is 5.41. The third-order valence-corrected chi connectivity index (χ3v) is 3.06. The second-order valence-corrected chi connectivity index (χ2v) is 4.81. The van der Waals surface area contributed by atoms with Gasteiger partial charge in [-0.15, -0.1) is 0 Å². The van der Waals surface area contributed by atoms with E-state index in [4.69, 9.17) is 27.5 Å². The molecule has 0 radical (unpaired) electrons. The Labute approximate surface area is 119 Å². The quantitative estimate of drug-likeness (QED) is 0.693. The van der Waals surface area contributed by atoms with Crippen molar-refractivity contribution in [1.82, 2.24) is 4.98 Å². The normalized spacial score (nSPS) is 20.7. The highest BCUT2D eigenvalue weighted by Gasteiger charge is 2.39. The monoisotopic (exact) mass is 308 g/mol. The van der Waals surface area contributed by atoms with Gasteiger partial charge in [0.05, 0.1) is 5.69 Å². The number of alkyl halides is 2. The fraction of sp³-hybridized carbons (Fsp3) is 0.500. The number of hydrogen-bond acceptors (Lipinski definition) is 4. The van der Waals surface area contributed by atoms with E-state index in [0.29, 0.717) is 6.42 Å². The van der Waals surface area contributed by atoms with Crippen LogP contribution in [0.15, 0.2) is 12.3 Å². The summed E-state index contributed by atoms with van der Waals surface area (Å²) in [6, 6.07) is 1.30. The summed E-state index contributed by atoms with van der Waals surface area (Å²) in [7, 11) is 0. The van der Waals surface area contributed by atoms with Crippen molar-refractivity contribution >= 4 is 23.3 Å². The number of aromatic nitrogens is 1. The Morgan fingerprint density at radius 3 is 2.55 bits per heavy atom. The van der Waals surface area contributed by atoms with E-state index in [1.807, 2.05) is 0 Å². The van der Waals surface area contributed by atoms with Crippen molar-refractivity contribution in [2.24, 2.45) is 0 Å². The van der Waals surface area contributed by atoms with Crippen LogP contribution in [-0.2, 0) is 0 Å². The van der Waals surface area contributed by atoms with Crippen LogP contribution in [-0.4, -0.2) is 33.2 Å². The maximum Gasteiger partial charge on any atom is 0.339 e. The summed E-state index contributed by atoms with van der Waals surface area (Å²) in [4.78, 5) is 13.9. The predicted octanol–water partition coefficient (Wildman–Crippen LogP) is 2.57. The number of anilines is 1. The minimum atomic E-state index is -2.81. The predicted molar refractivity (Wildman–Crippen MR) is 70.0 cm³/mol. The summed E-state index contributed by atoms with van der Waals surface area (Å²) >= 11 is 5.44. The van der Waals surface area contributed by atoms with E-state index in [1.165, 1.54) is 6.07 Å². The van der Waals surface area contributed by atoms with Gasteiger partial charge >= 0.3 is 5.97 Å². The second kappa shape index (κ2) is 6.81. The molecule has 1 aromatic heterocycles. The number of aliphatic hydroxyl groups is 1. The third kappa shape index (κ3) is 4.57. The maximum absolute atomic E-state index is 12.3. The zero-order valence-electron chi connectivity index (χ0n) is 10.5. The maximum atomic E-state index is 12.3. The summed E-state index contributed by atoms with van der Waals surface area (Å²) < 4.78 is 24.7. The summed E-state index contributed by atoms with van der Waals surface area (Å²) in [5.74, 6) is -3.91. The number of aliphatic hydroxyl groups excluding tert-OH is 1. The van der Waals surface area contributed by atoms with Gasteiger partial charge in [0.25, 0.3) is 5.92 Å². The summed E-state index contributed by atoms with van der Waals surface area (Å²) in [5, 5.41) is 17.4. The SMILES string of the molecule is Nc1cc(Cl)ncc1C(=O)O.O[C@@H]1CCCCC1(F)F. The van der Waals surface area contributed by atoms with Gasteiger partial charge in [-0.2, -0.15) is 0 Å². The highest BCUT2D eigenvalue weighted by Crippen LogP contribution is 2.32. The molecular weight excluding hydrogens is 294 g/mol. The van der Waals surface area contributed by atoms with Crippen LogP contribution in [0.4, 0.5) is 14.5 Å². The van der Waals surface area contributed by atoms with Crippen LogP contribution in [0.3, 0.4) is 0 Å². The van der Waals surface area contributed by atoms with Gasteiger partial charge in [0.2, 0.25) is 0 Å². The number of rotatable bonds is 1. The van der Waals surface area contributed by atoms with E-state index in [2.05, 4.69) is 4.98 Å². The first-order valence-corrected chi connectivity index (χ1v) is 6.32. The Balaban J connectivity index is 0.000000204. The number of carbonyl (C=O) groups is 1. The van der Waals surface area contributed by atoms with Crippen LogP contribution in [0.1, 0.15) is 36.0 Å². The Morgan fingerprint density at radius 1 is 1.50 bits per heavy atom. The van der Waals surface area contributed by atoms with E-state index >= 15 is 0 Å². The molecule has 4 N–H and O–H groups in total. The molecule has 0 saturated heterocycles. The fourth-order valence-corrected chi connectivity index (χ4v) is 1.87. The fourth-order valence-electron chi connectivity index (χ4n) is 1.70. The van der Waals surface area contributed by atoms with Crippen LogP contribution in [0, 0.1) is 0 Å². The molecule has 0 amide bonds. The topological polar surface area (TPSA) is 96.4 Å². The summed E-state index contributed by atoms with van der Waals surface area (Å²) in [6.45, 7) is 0. The van der Waals surface area contributed by atoms with Gasteiger partial charge in [-0.3, -0.25) is 0 Å². The number of carboxylic acid groups (broad SMARTS) is 1. The molecule has 8 heteroatoms. The molecule has 1 fully saturated rings. The van der Waals surface area contributed by atoms with Gasteiger partial charge in [-0.1, -0.05) is 18.0 Å². The lowest BCUT2D eigenvalue weighted by molar-refractivity contribution is -0.130. The third-order valence-electron chi connectivity index (χ3n) is 2.86. The van der Waals surface area contributed by atoms with Crippen LogP contribution >= 0.6 is 11.6 Å². The molecule has 1 saturated carbocycles. The number of nitrogens with zero attached hydrogens (tertiary/aromatic N) is 1. The van der Waals surface area contributed by atoms with Crippen LogP contribution in [0.2, 0.25) is 5.15 Å². The first-order chi connectivity index (χ1) is 9.24. The number of hydrogen-bond donors (Lipinski definition) is 3. The largest absolute Gasteiger partial charge is 0.478 e. The lowest BCUT2D eigenvalue weighted by Crippen LogP contribution is -2.36. The van der Waals surface area contributed by atoms with Crippen LogP contribution < -0.4 is 5.73 Å². The lowest BCUT2D eigenvalue weighted by atomic mass is 9.94. The van der Waals surface area contributed by atoms with Crippen LogP contribution in [0.25, 0.3) is 0 Å². The molecular formula is C12H15ClF2N2O3. The minimum absolute atomic E-state index is 0.0330. The smallest absolute Gasteiger partial charge is 0.339 e. The molecule has 112 valence electrons. The molecule has 1 atom stereocenters. The van der Waals surface area contributed by atoms with Gasteiger partial charge in [-0.05, 0) is 18.9 Å². The van der Waals surface area contributed by atoms with Crippen molar-refractivity contribution in [2.75, 3.05) is 5.73 Å². The van der Waals surface area contributed by atoms with Crippen molar-refractivity contribution in [3.63, 3.8) is 0 Å². The van der Waals surface area contributed by atoms with E-state index in [9.17, 15) is 13.6 Å². The van der Waals surface area contributed by atoms with Gasteiger partial charge in [0, 0.05) is 12.6 Å². The van der Waals surface area contributed by atoms with E-state index in [0.717, 1.165) is 12.6 Å². The van der Waals surface area contributed by atoms with Gasteiger partial charge in [0.15, 0.2) is 0 Å². The number of aromatic carboxylic acids is 1. The Morgan fingerprint density at radius 2 is 2.15 bits per heavy atom. The number of pyridine rings is 1. The first kappa shape index (κ1) is 16.6. The van der Waals surface area contributed by atoms with Gasteiger partial charge < -0.3 is 15.9 Å². The molecule has 0 spiro atoms. The van der Waals surface area contributed by atoms with E-state index in [1.54, 1.807) is 0 Å². The molecule has 0 unspecified atom stereocenters. The Hall–Kier alpha value is -1.47. The molecule has 2 rings (SSSR count). The lowest BCUT2D eigenvalue weighted by Gasteiger charge is -2.26. The molecule has 1 heterocycles. The minimum Gasteiger partial charge on any atom is -0.478 e. The second-order valence-electron chi connectivity index (χ2n) is 4.42. The first-order valence-electron chi connectivity index (χ1n) is 5.94. The zero-order valence-corrected chi connectivity index (χ0v) is 11.3. The summed E-state index contributed by atoms with van der Waals surface area (Å²) in [6.07, 6.45) is 1.13. The van der Waals surface area contributed by atoms with Crippen molar-refractivity contribution in [3.05, 3.63) is 23.0 Å². The van der Waals surface area contributed by atoms with Crippen LogP contribution in [0.5, 0.6) is 0 Å². The highest BCUT2D eigenvalue weighted by molar-refractivity contribution is 6.29. The van der Waals surface area contributed by atoms with Crippen molar-refractivity contribution in [2.45, 2.75) is 37.7 Å². The molecule has 1 aliphatic carbocycles. The number of halogens is 3. The highest BCUT2D eigenvalue weighted by atomic mass is 35.5. The standard InChI is InChI=1S/C6H5ClN2O2.C6H10F2O/c7-5-1-4(8)3(2-9-5)6(10)11;7-6(8)4-2-1-3-5(6)9/h1-2H,(H2,8,9)(H,10,11);5,9H,1-4H2/t;5-/m.1/s1. The van der Waals surface area contributed by atoms with E-state index < -0.39 is 18.0 Å². The van der Waals surface area contributed by atoms with Crippen molar-refractivity contribution < 1.29 is 23.8 Å². The molecule has 0 bridgehead atoms. The molecule has 0 aliphatic heterocycles. The van der Waals surface area contributed by atoms with Gasteiger partial charge in [-0.25, -0.2) is 18.6 Å². The average Bonchev–Trinajstić information content (AvgIpc) is 2.33. The molecule has 1 aliphatic rings. The number of nitrogen functional groups attached to an aromatic ring is 1. The molecule has 0 aromatic carbocycles. The van der Waals surface area contributed by atoms with Gasteiger partial charge in [0.1, 0.15) is 16.8 Å². The Kier molecular flexibility index (Phi) is 5.64. The zero-order chi connectivity index (χ0) is 15.3. The van der Waals surface area contributed by atoms with Crippen molar-refractivity contribution in [3.8, 4) is 0 Å².